The normalized spacial score (nSPS) is 13.2. The Hall–Kier alpha value is -0.150. The molecule has 4 nitrogen and oxygen atoms in total. The molecule has 1 heterocycles. The van der Waals surface area contributed by atoms with E-state index in [9.17, 15) is 8.42 Å². The van der Waals surface area contributed by atoms with Gasteiger partial charge in [-0.2, -0.15) is 0 Å². The standard InChI is InChI=1S/C14H14BrCl2NO3S2/c1-21-8-10(7-9-5-3-2-4-6-9)18-23(19,20)12-11(15)13(16)22-14(12)17/h2-6,10,18H,7-8H2,1H3. The summed E-state index contributed by atoms with van der Waals surface area (Å²) in [5, 5.41) is 0. The molecule has 1 unspecified atom stereocenters. The van der Waals surface area contributed by atoms with Crippen LogP contribution in [0.1, 0.15) is 5.56 Å². The number of ether oxygens (including phenoxy) is 1. The third-order valence-corrected chi connectivity index (χ3v) is 8.00. The molecule has 0 bridgehead atoms. The predicted molar refractivity (Wildman–Crippen MR) is 98.2 cm³/mol. The number of sulfonamides is 1. The number of nitrogens with one attached hydrogen (secondary N) is 1. The Morgan fingerprint density at radius 3 is 2.43 bits per heavy atom. The molecule has 0 aliphatic heterocycles. The fourth-order valence-corrected chi connectivity index (χ4v) is 6.86. The van der Waals surface area contributed by atoms with Gasteiger partial charge in [0, 0.05) is 13.2 Å². The van der Waals surface area contributed by atoms with Crippen LogP contribution in [0.15, 0.2) is 39.7 Å². The van der Waals surface area contributed by atoms with Crippen molar-refractivity contribution in [3.8, 4) is 0 Å². The molecule has 9 heteroatoms. The highest BCUT2D eigenvalue weighted by atomic mass is 79.9. The fourth-order valence-electron chi connectivity index (χ4n) is 2.08. The number of hydrogen-bond acceptors (Lipinski definition) is 4. The maximum absolute atomic E-state index is 12.6. The molecule has 1 aromatic carbocycles. The molecule has 1 atom stereocenters. The van der Waals surface area contributed by atoms with E-state index in [0.717, 1.165) is 16.9 Å². The fraction of sp³-hybridized carbons (Fsp3) is 0.286. The van der Waals surface area contributed by atoms with Crippen LogP contribution in [0, 0.1) is 0 Å². The summed E-state index contributed by atoms with van der Waals surface area (Å²) in [6, 6.07) is 9.15. The van der Waals surface area contributed by atoms with Crippen LogP contribution < -0.4 is 4.72 Å². The molecule has 2 aromatic rings. The van der Waals surface area contributed by atoms with Gasteiger partial charge in [0.05, 0.1) is 11.1 Å². The van der Waals surface area contributed by atoms with Crippen LogP contribution >= 0.6 is 50.5 Å². The average Bonchev–Trinajstić information content (AvgIpc) is 2.73. The van der Waals surface area contributed by atoms with E-state index in [1.54, 1.807) is 0 Å². The van der Waals surface area contributed by atoms with Gasteiger partial charge in [0.1, 0.15) is 13.6 Å². The van der Waals surface area contributed by atoms with Crippen molar-refractivity contribution < 1.29 is 13.2 Å². The lowest BCUT2D eigenvalue weighted by molar-refractivity contribution is 0.174. The van der Waals surface area contributed by atoms with E-state index in [2.05, 4.69) is 20.7 Å². The quantitative estimate of drug-likeness (QED) is 0.670. The van der Waals surface area contributed by atoms with E-state index < -0.39 is 16.1 Å². The summed E-state index contributed by atoms with van der Waals surface area (Å²) >= 11 is 16.1. The van der Waals surface area contributed by atoms with Crippen molar-refractivity contribution in [3.05, 3.63) is 49.0 Å². The van der Waals surface area contributed by atoms with Gasteiger partial charge in [-0.05, 0) is 27.9 Å². The number of methoxy groups -OCH3 is 1. The second kappa shape index (κ2) is 8.29. The molecular formula is C14H14BrCl2NO3S2. The Kier molecular flexibility index (Phi) is 6.91. The molecule has 0 spiro atoms. The molecule has 0 radical (unpaired) electrons. The minimum atomic E-state index is -3.83. The number of rotatable bonds is 7. The largest absolute Gasteiger partial charge is 0.383 e. The van der Waals surface area contributed by atoms with Crippen molar-refractivity contribution in [2.24, 2.45) is 0 Å². The molecule has 0 aliphatic rings. The van der Waals surface area contributed by atoms with Gasteiger partial charge in [0.15, 0.2) is 0 Å². The number of hydrogen-bond donors (Lipinski definition) is 1. The SMILES string of the molecule is COCC(Cc1ccccc1)NS(=O)(=O)c1c(Cl)sc(Cl)c1Br. The molecule has 1 N–H and O–H groups in total. The molecule has 0 fully saturated rings. The lowest BCUT2D eigenvalue weighted by Gasteiger charge is -2.18. The molecule has 0 saturated heterocycles. The van der Waals surface area contributed by atoms with Crippen LogP contribution in [-0.2, 0) is 21.2 Å². The van der Waals surface area contributed by atoms with Gasteiger partial charge >= 0.3 is 0 Å². The summed E-state index contributed by atoms with van der Waals surface area (Å²) in [6.45, 7) is 0.237. The second-order valence-corrected chi connectivity index (χ2v) is 9.42. The first-order chi connectivity index (χ1) is 10.8. The topological polar surface area (TPSA) is 55.4 Å². The highest BCUT2D eigenvalue weighted by Gasteiger charge is 2.28. The molecule has 23 heavy (non-hydrogen) atoms. The molecule has 126 valence electrons. The van der Waals surface area contributed by atoms with E-state index in [0.29, 0.717) is 10.8 Å². The van der Waals surface area contributed by atoms with E-state index in [1.807, 2.05) is 30.3 Å². The Balaban J connectivity index is 2.24. The minimum absolute atomic E-state index is 0.0386. The van der Waals surface area contributed by atoms with Gasteiger partial charge in [-0.3, -0.25) is 0 Å². The summed E-state index contributed by atoms with van der Waals surface area (Å²) in [7, 11) is -2.30. The van der Waals surface area contributed by atoms with E-state index >= 15 is 0 Å². The first kappa shape index (κ1) is 19.2. The van der Waals surface area contributed by atoms with E-state index in [-0.39, 0.29) is 20.3 Å². The third-order valence-electron chi connectivity index (χ3n) is 3.01. The Morgan fingerprint density at radius 1 is 1.26 bits per heavy atom. The molecule has 1 aromatic heterocycles. The van der Waals surface area contributed by atoms with Gasteiger partial charge in [-0.25, -0.2) is 13.1 Å². The van der Waals surface area contributed by atoms with Crippen molar-refractivity contribution >= 4 is 60.5 Å². The lowest BCUT2D eigenvalue weighted by Crippen LogP contribution is -2.39. The molecule has 0 aliphatic carbocycles. The van der Waals surface area contributed by atoms with Gasteiger partial charge < -0.3 is 4.74 Å². The second-order valence-electron chi connectivity index (χ2n) is 4.76. The Labute approximate surface area is 157 Å². The smallest absolute Gasteiger partial charge is 0.244 e. The number of thiophene rings is 1. The highest BCUT2D eigenvalue weighted by molar-refractivity contribution is 9.10. The Morgan fingerprint density at radius 2 is 1.91 bits per heavy atom. The number of benzene rings is 1. The minimum Gasteiger partial charge on any atom is -0.383 e. The maximum Gasteiger partial charge on any atom is 0.244 e. The predicted octanol–water partition coefficient (Wildman–Crippen LogP) is 4.35. The highest BCUT2D eigenvalue weighted by Crippen LogP contribution is 2.42. The molecule has 0 amide bonds. The van der Waals surface area contributed by atoms with Crippen LogP contribution in [0.3, 0.4) is 0 Å². The van der Waals surface area contributed by atoms with Crippen molar-refractivity contribution in [2.75, 3.05) is 13.7 Å². The van der Waals surface area contributed by atoms with Crippen LogP contribution in [0.2, 0.25) is 8.67 Å². The van der Waals surface area contributed by atoms with Crippen molar-refractivity contribution in [3.63, 3.8) is 0 Å². The van der Waals surface area contributed by atoms with Gasteiger partial charge in [0.2, 0.25) is 10.0 Å². The summed E-state index contributed by atoms with van der Waals surface area (Å²) in [4.78, 5) is -0.0386. The van der Waals surface area contributed by atoms with E-state index in [1.165, 1.54) is 7.11 Å². The van der Waals surface area contributed by atoms with Crippen LogP contribution in [0.5, 0.6) is 0 Å². The zero-order valence-corrected chi connectivity index (χ0v) is 16.8. The van der Waals surface area contributed by atoms with Crippen molar-refractivity contribution in [1.82, 2.24) is 4.72 Å². The monoisotopic (exact) mass is 457 g/mol. The van der Waals surface area contributed by atoms with Gasteiger partial charge in [-0.15, -0.1) is 11.3 Å². The number of halogens is 3. The molecular weight excluding hydrogens is 445 g/mol. The average molecular weight is 459 g/mol. The van der Waals surface area contributed by atoms with Gasteiger partial charge in [0.25, 0.3) is 0 Å². The zero-order chi connectivity index (χ0) is 17.0. The van der Waals surface area contributed by atoms with Crippen LogP contribution in [0.25, 0.3) is 0 Å². The van der Waals surface area contributed by atoms with Gasteiger partial charge in [-0.1, -0.05) is 53.5 Å². The van der Waals surface area contributed by atoms with E-state index in [4.69, 9.17) is 27.9 Å². The van der Waals surface area contributed by atoms with Crippen LogP contribution in [-0.4, -0.2) is 28.2 Å². The summed E-state index contributed by atoms with van der Waals surface area (Å²) in [5.41, 5.74) is 1.01. The first-order valence-electron chi connectivity index (χ1n) is 6.53. The Bertz CT molecular complexity index is 766. The summed E-state index contributed by atoms with van der Waals surface area (Å²) in [6.07, 6.45) is 0.501. The molecule has 2 rings (SSSR count). The van der Waals surface area contributed by atoms with Crippen molar-refractivity contribution in [1.29, 1.82) is 0 Å². The lowest BCUT2D eigenvalue weighted by atomic mass is 10.1. The van der Waals surface area contributed by atoms with Crippen molar-refractivity contribution in [2.45, 2.75) is 17.4 Å². The zero-order valence-electron chi connectivity index (χ0n) is 12.1. The third kappa shape index (κ3) is 4.92. The van der Waals surface area contributed by atoms with Crippen LogP contribution in [0.4, 0.5) is 0 Å². The summed E-state index contributed by atoms with van der Waals surface area (Å²) < 4.78 is 33.7. The first-order valence-corrected chi connectivity index (χ1v) is 10.4. The maximum atomic E-state index is 12.6. The summed E-state index contributed by atoms with van der Waals surface area (Å²) in [5.74, 6) is 0. The molecule has 0 saturated carbocycles.